The lowest BCUT2D eigenvalue weighted by Gasteiger charge is -2.52. The normalized spacial score (nSPS) is 30.2. The fourth-order valence-electron chi connectivity index (χ4n) is 3.86. The van der Waals surface area contributed by atoms with E-state index in [0.29, 0.717) is 18.4 Å². The molecule has 0 radical (unpaired) electrons. The van der Waals surface area contributed by atoms with Crippen molar-refractivity contribution in [3.05, 3.63) is 30.1 Å². The third kappa shape index (κ3) is 2.69. The summed E-state index contributed by atoms with van der Waals surface area (Å²) < 4.78 is 13.2. The molecule has 2 N–H and O–H groups in total. The van der Waals surface area contributed by atoms with Crippen LogP contribution in [0.5, 0.6) is 0 Å². The van der Waals surface area contributed by atoms with Crippen LogP contribution in [0.15, 0.2) is 24.3 Å². The van der Waals surface area contributed by atoms with Gasteiger partial charge in [-0.3, -0.25) is 0 Å². The van der Waals surface area contributed by atoms with E-state index < -0.39 is 0 Å². The zero-order valence-corrected chi connectivity index (χ0v) is 12.9. The SMILES string of the molecule is CCN(c1ccc(F)cc1)C1(CN)CC(C)CCC1C. The molecule has 0 spiro atoms. The molecule has 0 heterocycles. The van der Waals surface area contributed by atoms with Crippen LogP contribution in [0.2, 0.25) is 0 Å². The van der Waals surface area contributed by atoms with Crippen molar-refractivity contribution in [2.75, 3.05) is 18.0 Å². The van der Waals surface area contributed by atoms with E-state index in [9.17, 15) is 4.39 Å². The molecule has 20 heavy (non-hydrogen) atoms. The van der Waals surface area contributed by atoms with E-state index in [1.165, 1.54) is 12.8 Å². The summed E-state index contributed by atoms with van der Waals surface area (Å²) in [5.74, 6) is 1.08. The van der Waals surface area contributed by atoms with E-state index in [-0.39, 0.29) is 11.4 Å². The van der Waals surface area contributed by atoms with Crippen molar-refractivity contribution < 1.29 is 4.39 Å². The first-order valence-corrected chi connectivity index (χ1v) is 7.76. The first-order valence-electron chi connectivity index (χ1n) is 7.76. The summed E-state index contributed by atoms with van der Waals surface area (Å²) >= 11 is 0. The molecule has 1 aliphatic rings. The Morgan fingerprint density at radius 2 is 1.90 bits per heavy atom. The van der Waals surface area contributed by atoms with E-state index in [4.69, 9.17) is 5.73 Å². The van der Waals surface area contributed by atoms with Gasteiger partial charge in [0.15, 0.2) is 0 Å². The van der Waals surface area contributed by atoms with E-state index in [0.717, 1.165) is 18.7 Å². The number of hydrogen-bond donors (Lipinski definition) is 1. The van der Waals surface area contributed by atoms with E-state index in [2.05, 4.69) is 25.7 Å². The van der Waals surface area contributed by atoms with Crippen LogP contribution < -0.4 is 10.6 Å². The fourth-order valence-corrected chi connectivity index (χ4v) is 3.86. The maximum Gasteiger partial charge on any atom is 0.123 e. The highest BCUT2D eigenvalue weighted by molar-refractivity contribution is 5.50. The molecule has 1 aliphatic carbocycles. The smallest absolute Gasteiger partial charge is 0.123 e. The van der Waals surface area contributed by atoms with Gasteiger partial charge in [0.1, 0.15) is 5.82 Å². The third-order valence-electron chi connectivity index (χ3n) is 5.06. The van der Waals surface area contributed by atoms with Crippen LogP contribution in [-0.4, -0.2) is 18.6 Å². The molecule has 1 fully saturated rings. The van der Waals surface area contributed by atoms with E-state index in [1.54, 1.807) is 12.1 Å². The lowest BCUT2D eigenvalue weighted by molar-refractivity contribution is 0.157. The highest BCUT2D eigenvalue weighted by Crippen LogP contribution is 2.42. The highest BCUT2D eigenvalue weighted by Gasteiger charge is 2.43. The van der Waals surface area contributed by atoms with Crippen molar-refractivity contribution in [1.82, 2.24) is 0 Å². The lowest BCUT2D eigenvalue weighted by Crippen LogP contribution is -2.60. The Bertz CT molecular complexity index is 431. The Kier molecular flexibility index (Phi) is 4.69. The molecule has 2 rings (SSSR count). The molecule has 0 aliphatic heterocycles. The molecule has 1 saturated carbocycles. The quantitative estimate of drug-likeness (QED) is 0.907. The zero-order chi connectivity index (χ0) is 14.8. The number of benzene rings is 1. The minimum Gasteiger partial charge on any atom is -0.365 e. The van der Waals surface area contributed by atoms with Gasteiger partial charge in [-0.2, -0.15) is 0 Å². The molecule has 112 valence electrons. The standard InChI is InChI=1S/C17H27FN2/c1-4-20(16-9-7-15(18)8-10-16)17(12-19)11-13(2)5-6-14(17)3/h7-10,13-14H,4-6,11-12,19H2,1-3H3. The van der Waals surface area contributed by atoms with Gasteiger partial charge >= 0.3 is 0 Å². The molecule has 0 amide bonds. The summed E-state index contributed by atoms with van der Waals surface area (Å²) in [6.07, 6.45) is 3.62. The largest absolute Gasteiger partial charge is 0.365 e. The Morgan fingerprint density at radius 1 is 1.25 bits per heavy atom. The summed E-state index contributed by atoms with van der Waals surface area (Å²) in [7, 11) is 0. The van der Waals surface area contributed by atoms with Gasteiger partial charge in [0, 0.05) is 18.8 Å². The minimum absolute atomic E-state index is 0.00421. The second kappa shape index (κ2) is 6.13. The van der Waals surface area contributed by atoms with E-state index in [1.807, 2.05) is 12.1 Å². The van der Waals surface area contributed by atoms with Gasteiger partial charge in [-0.25, -0.2) is 4.39 Å². The monoisotopic (exact) mass is 278 g/mol. The van der Waals surface area contributed by atoms with Crippen LogP contribution in [0, 0.1) is 17.7 Å². The van der Waals surface area contributed by atoms with Crippen LogP contribution in [0.25, 0.3) is 0 Å². The molecule has 0 bridgehead atoms. The average molecular weight is 278 g/mol. The fraction of sp³-hybridized carbons (Fsp3) is 0.647. The van der Waals surface area contributed by atoms with E-state index >= 15 is 0 Å². The van der Waals surface area contributed by atoms with Crippen LogP contribution in [-0.2, 0) is 0 Å². The molecule has 3 unspecified atom stereocenters. The predicted octanol–water partition coefficient (Wildman–Crippen LogP) is 3.81. The molecule has 2 nitrogen and oxygen atoms in total. The predicted molar refractivity (Wildman–Crippen MR) is 83.4 cm³/mol. The first kappa shape index (κ1) is 15.3. The molecule has 0 saturated heterocycles. The van der Waals surface area contributed by atoms with Crippen LogP contribution in [0.4, 0.5) is 10.1 Å². The number of nitrogens with two attached hydrogens (primary N) is 1. The third-order valence-corrected chi connectivity index (χ3v) is 5.06. The Morgan fingerprint density at radius 3 is 2.45 bits per heavy atom. The second-order valence-electron chi connectivity index (χ2n) is 6.32. The minimum atomic E-state index is -0.184. The molecule has 3 heteroatoms. The van der Waals surface area contributed by atoms with Gasteiger partial charge in [0.05, 0.1) is 5.54 Å². The van der Waals surface area contributed by atoms with Crippen molar-refractivity contribution >= 4 is 5.69 Å². The molecular formula is C17H27FN2. The van der Waals surface area contributed by atoms with Crippen molar-refractivity contribution in [2.45, 2.75) is 45.6 Å². The Hall–Kier alpha value is -1.09. The van der Waals surface area contributed by atoms with Gasteiger partial charge in [-0.15, -0.1) is 0 Å². The summed E-state index contributed by atoms with van der Waals surface area (Å²) in [5, 5.41) is 0. The van der Waals surface area contributed by atoms with Crippen LogP contribution in [0.1, 0.15) is 40.0 Å². The number of hydrogen-bond acceptors (Lipinski definition) is 2. The summed E-state index contributed by atoms with van der Waals surface area (Å²) in [6.45, 7) is 8.34. The molecule has 3 atom stereocenters. The van der Waals surface area contributed by atoms with Crippen molar-refractivity contribution in [3.8, 4) is 0 Å². The number of rotatable bonds is 4. The Labute approximate surface area is 122 Å². The maximum atomic E-state index is 13.2. The summed E-state index contributed by atoms with van der Waals surface area (Å²) in [6, 6.07) is 6.84. The lowest BCUT2D eigenvalue weighted by atomic mass is 9.68. The van der Waals surface area contributed by atoms with Crippen LogP contribution in [0.3, 0.4) is 0 Å². The van der Waals surface area contributed by atoms with Gasteiger partial charge < -0.3 is 10.6 Å². The first-order chi connectivity index (χ1) is 9.53. The average Bonchev–Trinajstić information content (AvgIpc) is 2.45. The summed E-state index contributed by atoms with van der Waals surface area (Å²) in [4.78, 5) is 2.40. The Balaban J connectivity index is 2.37. The molecule has 1 aromatic rings. The van der Waals surface area contributed by atoms with Crippen molar-refractivity contribution in [2.24, 2.45) is 17.6 Å². The van der Waals surface area contributed by atoms with Crippen molar-refractivity contribution in [3.63, 3.8) is 0 Å². The topological polar surface area (TPSA) is 29.3 Å². The zero-order valence-electron chi connectivity index (χ0n) is 12.9. The number of nitrogens with zero attached hydrogens (tertiary/aromatic N) is 1. The van der Waals surface area contributed by atoms with Crippen LogP contribution >= 0.6 is 0 Å². The maximum absolute atomic E-state index is 13.2. The van der Waals surface area contributed by atoms with Crippen molar-refractivity contribution in [1.29, 1.82) is 0 Å². The molecule has 0 aromatic heterocycles. The molecular weight excluding hydrogens is 251 g/mol. The number of halogens is 1. The van der Waals surface area contributed by atoms with Gasteiger partial charge in [0.2, 0.25) is 0 Å². The van der Waals surface area contributed by atoms with Gasteiger partial charge in [0.25, 0.3) is 0 Å². The highest BCUT2D eigenvalue weighted by atomic mass is 19.1. The number of likely N-dealkylation sites (N-methyl/N-ethyl adjacent to an activating group) is 1. The second-order valence-corrected chi connectivity index (χ2v) is 6.32. The number of anilines is 1. The molecule has 1 aromatic carbocycles. The van der Waals surface area contributed by atoms with Gasteiger partial charge in [-0.05, 0) is 55.9 Å². The summed E-state index contributed by atoms with van der Waals surface area (Å²) in [5.41, 5.74) is 7.31. The van der Waals surface area contributed by atoms with Gasteiger partial charge in [-0.1, -0.05) is 20.3 Å².